The molecule has 0 amide bonds. The van der Waals surface area contributed by atoms with Gasteiger partial charge in [0.1, 0.15) is 5.75 Å². The van der Waals surface area contributed by atoms with Crippen molar-refractivity contribution in [2.24, 2.45) is 11.8 Å². The van der Waals surface area contributed by atoms with Crippen LogP contribution in [0.25, 0.3) is 0 Å². The summed E-state index contributed by atoms with van der Waals surface area (Å²) in [4.78, 5) is 13.8. The average Bonchev–Trinajstić information content (AvgIpc) is 2.53. The summed E-state index contributed by atoms with van der Waals surface area (Å²) in [6.45, 7) is 6.40. The highest BCUT2D eigenvalue weighted by Gasteiger charge is 2.38. The van der Waals surface area contributed by atoms with Crippen LogP contribution in [-0.4, -0.2) is 42.6 Å². The molecule has 4 heteroatoms. The molecule has 0 aromatic heterocycles. The summed E-state index contributed by atoms with van der Waals surface area (Å²) in [5.74, 6) is 1.62. The molecule has 3 rings (SSSR count). The fourth-order valence-electron chi connectivity index (χ4n) is 4.24. The van der Waals surface area contributed by atoms with Crippen molar-refractivity contribution in [3.05, 3.63) is 28.8 Å². The molecule has 0 bridgehead atoms. The summed E-state index contributed by atoms with van der Waals surface area (Å²) in [7, 11) is 1.60. The van der Waals surface area contributed by atoms with Crippen LogP contribution in [0.1, 0.15) is 54.2 Å². The van der Waals surface area contributed by atoms with Crippen molar-refractivity contribution in [3.8, 4) is 5.75 Å². The Labute approximate surface area is 138 Å². The molecule has 1 saturated heterocycles. The number of fused-ring (bicyclic) bond motifs is 3. The number of aliphatic hydroxyl groups excluding tert-OH is 1. The smallest absolute Gasteiger partial charge is 0.153 e. The lowest BCUT2D eigenvalue weighted by molar-refractivity contribution is -0.0191. The Kier molecular flexibility index (Phi) is 4.74. The number of hydrogen-bond acceptors (Lipinski definition) is 4. The zero-order chi connectivity index (χ0) is 16.6. The van der Waals surface area contributed by atoms with Crippen molar-refractivity contribution in [2.45, 2.75) is 45.3 Å². The molecular formula is C19H27NO3. The van der Waals surface area contributed by atoms with Gasteiger partial charge in [0.2, 0.25) is 0 Å². The third-order valence-electron chi connectivity index (χ3n) is 5.34. The Morgan fingerprint density at radius 2 is 2.22 bits per heavy atom. The number of aldehydes is 1. The summed E-state index contributed by atoms with van der Waals surface area (Å²) < 4.78 is 5.33. The number of carbonyl (C=O) groups excluding carboxylic acids is 1. The molecule has 0 unspecified atom stereocenters. The van der Waals surface area contributed by atoms with E-state index in [4.69, 9.17) is 4.74 Å². The number of benzene rings is 1. The van der Waals surface area contributed by atoms with E-state index in [0.717, 1.165) is 38.6 Å². The quantitative estimate of drug-likeness (QED) is 0.868. The van der Waals surface area contributed by atoms with Gasteiger partial charge in [0.15, 0.2) is 6.29 Å². The summed E-state index contributed by atoms with van der Waals surface area (Å²) in [5, 5.41) is 10.6. The largest absolute Gasteiger partial charge is 0.496 e. The molecule has 1 aromatic rings. The van der Waals surface area contributed by atoms with Crippen molar-refractivity contribution in [2.75, 3.05) is 20.2 Å². The van der Waals surface area contributed by atoms with Crippen molar-refractivity contribution >= 4 is 6.29 Å². The summed E-state index contributed by atoms with van der Waals surface area (Å²) in [6.07, 6.45) is 3.41. The first-order valence-corrected chi connectivity index (χ1v) is 8.61. The molecule has 1 aromatic carbocycles. The van der Waals surface area contributed by atoms with Gasteiger partial charge in [-0.2, -0.15) is 0 Å². The Bertz CT molecular complexity index is 584. The second kappa shape index (κ2) is 6.62. The highest BCUT2D eigenvalue weighted by Crippen LogP contribution is 2.41. The Hall–Kier alpha value is -1.39. The molecule has 1 N–H and O–H groups in total. The van der Waals surface area contributed by atoms with E-state index in [1.807, 2.05) is 12.1 Å². The topological polar surface area (TPSA) is 49.8 Å². The molecule has 0 aliphatic carbocycles. The molecule has 2 aliphatic rings. The van der Waals surface area contributed by atoms with E-state index >= 15 is 0 Å². The number of ether oxygens (including phenoxy) is 1. The van der Waals surface area contributed by atoms with Crippen LogP contribution in [0.2, 0.25) is 0 Å². The third-order valence-corrected chi connectivity index (χ3v) is 5.34. The normalized spacial score (nSPS) is 27.4. The highest BCUT2D eigenvalue weighted by molar-refractivity contribution is 5.80. The van der Waals surface area contributed by atoms with Crippen LogP contribution in [-0.2, 0) is 6.42 Å². The number of hydrogen-bond donors (Lipinski definition) is 1. The molecule has 3 atom stereocenters. The zero-order valence-electron chi connectivity index (χ0n) is 14.3. The van der Waals surface area contributed by atoms with Gasteiger partial charge in [0.25, 0.3) is 0 Å². The number of piperidine rings is 1. The van der Waals surface area contributed by atoms with Crippen LogP contribution >= 0.6 is 0 Å². The molecule has 2 aliphatic heterocycles. The lowest BCUT2D eigenvalue weighted by Crippen LogP contribution is -2.48. The molecule has 1 fully saturated rings. The minimum absolute atomic E-state index is 0.224. The number of nitrogens with zero attached hydrogens (tertiary/aromatic N) is 1. The lowest BCUT2D eigenvalue weighted by Gasteiger charge is -2.46. The maximum absolute atomic E-state index is 11.3. The molecule has 23 heavy (non-hydrogen) atoms. The van der Waals surface area contributed by atoms with E-state index in [-0.39, 0.29) is 12.1 Å². The summed E-state index contributed by atoms with van der Waals surface area (Å²) in [6, 6.07) is 4.19. The van der Waals surface area contributed by atoms with Crippen LogP contribution in [0, 0.1) is 11.8 Å². The first-order chi connectivity index (χ1) is 11.0. The van der Waals surface area contributed by atoms with Gasteiger partial charge in [-0.25, -0.2) is 0 Å². The van der Waals surface area contributed by atoms with E-state index in [1.165, 1.54) is 11.1 Å². The van der Waals surface area contributed by atoms with E-state index in [9.17, 15) is 9.90 Å². The second-order valence-corrected chi connectivity index (χ2v) is 7.36. The number of methoxy groups -OCH3 is 1. The highest BCUT2D eigenvalue weighted by atomic mass is 16.5. The molecular weight excluding hydrogens is 290 g/mol. The van der Waals surface area contributed by atoms with Crippen LogP contribution in [0.4, 0.5) is 0 Å². The predicted octanol–water partition coefficient (Wildman–Crippen LogP) is 2.83. The molecule has 126 valence electrons. The lowest BCUT2D eigenvalue weighted by atomic mass is 9.79. The van der Waals surface area contributed by atoms with E-state index in [0.29, 0.717) is 23.1 Å². The molecule has 0 saturated carbocycles. The Morgan fingerprint density at radius 3 is 2.87 bits per heavy atom. The molecule has 2 heterocycles. The summed E-state index contributed by atoms with van der Waals surface area (Å²) in [5.41, 5.74) is 3.05. The standard InChI is InChI=1S/C19H27NO3/c1-12(2)6-14-10-20-5-4-13-8-19(23-3)15(11-21)7-16(13)17(20)9-18(14)22/h7-8,11-12,14,17-18,22H,4-6,9-10H2,1-3H3/t14-,17+,18-/m1/s1. The van der Waals surface area contributed by atoms with Crippen molar-refractivity contribution in [1.82, 2.24) is 4.90 Å². The Balaban J connectivity index is 1.88. The SMILES string of the molecule is COc1cc2c(cc1C=O)[C@@H]1C[C@@H](O)[C@H](CC(C)C)CN1CC2. The maximum atomic E-state index is 11.3. The third kappa shape index (κ3) is 3.15. The average molecular weight is 317 g/mol. The second-order valence-electron chi connectivity index (χ2n) is 7.36. The van der Waals surface area contributed by atoms with Gasteiger partial charge in [-0.1, -0.05) is 13.8 Å². The van der Waals surface area contributed by atoms with Crippen molar-refractivity contribution < 1.29 is 14.6 Å². The van der Waals surface area contributed by atoms with Gasteiger partial charge < -0.3 is 9.84 Å². The monoisotopic (exact) mass is 317 g/mol. The van der Waals surface area contributed by atoms with Crippen LogP contribution in [0.3, 0.4) is 0 Å². The Morgan fingerprint density at radius 1 is 1.43 bits per heavy atom. The van der Waals surface area contributed by atoms with Gasteiger partial charge in [-0.3, -0.25) is 9.69 Å². The van der Waals surface area contributed by atoms with Gasteiger partial charge in [-0.15, -0.1) is 0 Å². The number of rotatable bonds is 4. The fourth-order valence-corrected chi connectivity index (χ4v) is 4.24. The summed E-state index contributed by atoms with van der Waals surface area (Å²) >= 11 is 0. The predicted molar refractivity (Wildman–Crippen MR) is 90.0 cm³/mol. The van der Waals surface area contributed by atoms with Crippen LogP contribution in [0.15, 0.2) is 12.1 Å². The van der Waals surface area contributed by atoms with Gasteiger partial charge in [0, 0.05) is 19.1 Å². The minimum Gasteiger partial charge on any atom is -0.496 e. The van der Waals surface area contributed by atoms with Gasteiger partial charge in [0.05, 0.1) is 18.8 Å². The van der Waals surface area contributed by atoms with Gasteiger partial charge in [-0.05, 0) is 54.4 Å². The molecule has 4 nitrogen and oxygen atoms in total. The van der Waals surface area contributed by atoms with E-state index < -0.39 is 0 Å². The first kappa shape index (κ1) is 16.5. The van der Waals surface area contributed by atoms with Crippen molar-refractivity contribution in [1.29, 1.82) is 0 Å². The first-order valence-electron chi connectivity index (χ1n) is 8.61. The van der Waals surface area contributed by atoms with Crippen LogP contribution in [0.5, 0.6) is 5.75 Å². The zero-order valence-corrected chi connectivity index (χ0v) is 14.3. The van der Waals surface area contributed by atoms with Crippen molar-refractivity contribution in [3.63, 3.8) is 0 Å². The van der Waals surface area contributed by atoms with Gasteiger partial charge >= 0.3 is 0 Å². The fraction of sp³-hybridized carbons (Fsp3) is 0.632. The minimum atomic E-state index is -0.258. The maximum Gasteiger partial charge on any atom is 0.153 e. The molecule has 0 spiro atoms. The number of aliphatic hydroxyl groups is 1. The van der Waals surface area contributed by atoms with E-state index in [1.54, 1.807) is 7.11 Å². The van der Waals surface area contributed by atoms with Crippen LogP contribution < -0.4 is 4.74 Å². The van der Waals surface area contributed by atoms with E-state index in [2.05, 4.69) is 18.7 Å². The molecule has 0 radical (unpaired) electrons. The number of carbonyl (C=O) groups is 1.